The minimum atomic E-state index is -0.910. The van der Waals surface area contributed by atoms with Crippen LogP contribution in [0.2, 0.25) is 0 Å². The van der Waals surface area contributed by atoms with Crippen molar-refractivity contribution in [3.63, 3.8) is 0 Å². The van der Waals surface area contributed by atoms with E-state index in [9.17, 15) is 14.4 Å². The molecule has 2 aliphatic rings. The number of allylic oxidation sites excluding steroid dienone is 3. The van der Waals surface area contributed by atoms with Crippen molar-refractivity contribution < 1.29 is 23.9 Å². The lowest BCUT2D eigenvalue weighted by molar-refractivity contribution is -0.151. The molecule has 1 N–H and O–H groups in total. The third-order valence-electron chi connectivity index (χ3n) is 6.66. The fraction of sp³-hybridized carbons (Fsp3) is 0.345. The molecule has 2 aromatic carbocycles. The Morgan fingerprint density at radius 3 is 2.23 bits per heavy atom. The van der Waals surface area contributed by atoms with Crippen molar-refractivity contribution in [1.82, 2.24) is 5.32 Å². The molecule has 6 nitrogen and oxygen atoms in total. The minimum absolute atomic E-state index is 0.223. The second-order valence-corrected chi connectivity index (χ2v) is 9.48. The predicted molar refractivity (Wildman–Crippen MR) is 133 cm³/mol. The van der Waals surface area contributed by atoms with Gasteiger partial charge in [-0.3, -0.25) is 9.59 Å². The summed E-state index contributed by atoms with van der Waals surface area (Å²) in [5, 5.41) is 3.28. The molecule has 3 atom stereocenters. The van der Waals surface area contributed by atoms with Gasteiger partial charge in [0.15, 0.2) is 5.78 Å². The molecule has 2 aromatic rings. The van der Waals surface area contributed by atoms with E-state index in [1.807, 2.05) is 68.4 Å². The van der Waals surface area contributed by atoms with E-state index in [1.54, 1.807) is 13.8 Å². The van der Waals surface area contributed by atoms with Crippen LogP contribution in [0.5, 0.6) is 0 Å². The number of rotatable bonds is 5. The van der Waals surface area contributed by atoms with Crippen LogP contribution in [0.15, 0.2) is 77.1 Å². The molecule has 0 spiro atoms. The molecule has 1 aliphatic carbocycles. The predicted octanol–water partition coefficient (Wildman–Crippen LogP) is 4.92. The van der Waals surface area contributed by atoms with Crippen LogP contribution < -0.4 is 5.32 Å². The van der Waals surface area contributed by atoms with E-state index in [2.05, 4.69) is 5.32 Å². The highest BCUT2D eigenvalue weighted by molar-refractivity contribution is 6.12. The van der Waals surface area contributed by atoms with E-state index in [4.69, 9.17) is 9.47 Å². The molecule has 0 fully saturated rings. The molecule has 0 amide bonds. The van der Waals surface area contributed by atoms with Crippen LogP contribution in [0.1, 0.15) is 45.6 Å². The highest BCUT2D eigenvalue weighted by Gasteiger charge is 2.47. The zero-order valence-corrected chi connectivity index (χ0v) is 20.8. The number of hydrogen-bond donors (Lipinski definition) is 1. The van der Waals surface area contributed by atoms with E-state index >= 15 is 0 Å². The first-order valence-electron chi connectivity index (χ1n) is 11.9. The summed E-state index contributed by atoms with van der Waals surface area (Å²) in [4.78, 5) is 39.6. The summed E-state index contributed by atoms with van der Waals surface area (Å²) in [6.45, 7) is 7.28. The van der Waals surface area contributed by atoms with Crippen LogP contribution in [0.3, 0.4) is 0 Å². The van der Waals surface area contributed by atoms with Crippen molar-refractivity contribution in [3.8, 4) is 11.1 Å². The first-order chi connectivity index (χ1) is 16.7. The zero-order valence-electron chi connectivity index (χ0n) is 20.8. The maximum Gasteiger partial charge on any atom is 0.337 e. The Bertz CT molecular complexity index is 1210. The summed E-state index contributed by atoms with van der Waals surface area (Å²) in [7, 11) is 1.29. The fourth-order valence-electron chi connectivity index (χ4n) is 5.06. The molecule has 1 heterocycles. The summed E-state index contributed by atoms with van der Waals surface area (Å²) in [5.74, 6) is -3.11. The average molecular weight is 474 g/mol. The zero-order chi connectivity index (χ0) is 25.3. The van der Waals surface area contributed by atoms with Gasteiger partial charge >= 0.3 is 11.9 Å². The van der Waals surface area contributed by atoms with Crippen LogP contribution >= 0.6 is 0 Å². The number of benzene rings is 2. The van der Waals surface area contributed by atoms with E-state index < -0.39 is 23.8 Å². The first kappa shape index (κ1) is 24.5. The molecular weight excluding hydrogens is 442 g/mol. The number of carbonyl (C=O) groups excluding carboxylic acids is 3. The molecule has 0 radical (unpaired) electrons. The van der Waals surface area contributed by atoms with Crippen molar-refractivity contribution in [2.75, 3.05) is 7.11 Å². The SMILES string of the molecule is COC(=O)[C@@H]1C(=O)C2=C(C[C@H]1C)NC(C)=C(C(=O)OC(C)C)[C@H]2c1ccc(-c2ccccc2)cc1. The molecule has 6 heteroatoms. The Balaban J connectivity index is 1.84. The number of methoxy groups -OCH3 is 1. The van der Waals surface area contributed by atoms with Gasteiger partial charge in [0.05, 0.1) is 18.8 Å². The first-order valence-corrected chi connectivity index (χ1v) is 11.9. The van der Waals surface area contributed by atoms with E-state index in [1.165, 1.54) is 7.11 Å². The van der Waals surface area contributed by atoms with Crippen LogP contribution in [0.4, 0.5) is 0 Å². The molecule has 1 aliphatic heterocycles. The Morgan fingerprint density at radius 1 is 1.00 bits per heavy atom. The standard InChI is InChI=1S/C29H31NO5/c1-16(2)35-29(33)24-18(4)30-22-15-17(3)23(28(32)34-5)27(31)26(22)25(24)21-13-11-20(12-14-21)19-9-7-6-8-10-19/h6-14,16-17,23,25,30H,15H2,1-5H3/t17-,23+,25-/m1/s1. The third kappa shape index (κ3) is 4.65. The Kier molecular flexibility index (Phi) is 6.92. The molecule has 0 bridgehead atoms. The van der Waals surface area contributed by atoms with Gasteiger partial charge in [0.1, 0.15) is 5.92 Å². The van der Waals surface area contributed by atoms with Crippen molar-refractivity contribution in [1.29, 1.82) is 0 Å². The van der Waals surface area contributed by atoms with Gasteiger partial charge < -0.3 is 14.8 Å². The maximum absolute atomic E-state index is 13.8. The number of nitrogens with one attached hydrogen (secondary N) is 1. The average Bonchev–Trinajstić information content (AvgIpc) is 2.83. The van der Waals surface area contributed by atoms with Gasteiger partial charge in [0.2, 0.25) is 0 Å². The summed E-state index contributed by atoms with van der Waals surface area (Å²) in [5.41, 5.74) is 5.12. The number of ether oxygens (including phenoxy) is 2. The molecule has 4 rings (SSSR count). The largest absolute Gasteiger partial charge is 0.468 e. The topological polar surface area (TPSA) is 81.7 Å². The van der Waals surface area contributed by atoms with Crippen LogP contribution in [0.25, 0.3) is 11.1 Å². The summed E-state index contributed by atoms with van der Waals surface area (Å²) in [6.07, 6.45) is 0.188. The van der Waals surface area contributed by atoms with Crippen molar-refractivity contribution >= 4 is 17.7 Å². The third-order valence-corrected chi connectivity index (χ3v) is 6.66. The molecule has 0 aromatic heterocycles. The van der Waals surface area contributed by atoms with Gasteiger partial charge in [0, 0.05) is 22.9 Å². The van der Waals surface area contributed by atoms with Gasteiger partial charge in [-0.05, 0) is 49.8 Å². The lowest BCUT2D eigenvalue weighted by atomic mass is 9.69. The summed E-state index contributed by atoms with van der Waals surface area (Å²) in [6, 6.07) is 17.8. The highest BCUT2D eigenvalue weighted by atomic mass is 16.5. The normalized spacial score (nSPS) is 22.0. The molecular formula is C29H31NO5. The fourth-order valence-corrected chi connectivity index (χ4v) is 5.06. The van der Waals surface area contributed by atoms with Crippen molar-refractivity contribution in [2.45, 2.75) is 46.1 Å². The lowest BCUT2D eigenvalue weighted by Crippen LogP contribution is -2.43. The quantitative estimate of drug-likeness (QED) is 0.490. The Labute approximate surface area is 206 Å². The molecule has 0 saturated carbocycles. The van der Waals surface area contributed by atoms with Gasteiger partial charge in [0.25, 0.3) is 0 Å². The van der Waals surface area contributed by atoms with Crippen LogP contribution in [0, 0.1) is 11.8 Å². The van der Waals surface area contributed by atoms with Crippen molar-refractivity contribution in [3.05, 3.63) is 82.7 Å². The van der Waals surface area contributed by atoms with Crippen molar-refractivity contribution in [2.24, 2.45) is 11.8 Å². The summed E-state index contributed by atoms with van der Waals surface area (Å²) >= 11 is 0. The molecule has 0 unspecified atom stereocenters. The van der Waals surface area contributed by atoms with Gasteiger partial charge in [-0.25, -0.2) is 4.79 Å². The Hall–Kier alpha value is -3.67. The number of esters is 2. The summed E-state index contributed by atoms with van der Waals surface area (Å²) < 4.78 is 10.5. The second kappa shape index (κ2) is 9.90. The maximum atomic E-state index is 13.8. The van der Waals surface area contributed by atoms with E-state index in [-0.39, 0.29) is 17.8 Å². The van der Waals surface area contributed by atoms with E-state index in [0.717, 1.165) is 22.4 Å². The number of carbonyl (C=O) groups is 3. The highest BCUT2D eigenvalue weighted by Crippen LogP contribution is 2.45. The van der Waals surface area contributed by atoms with Gasteiger partial charge in [-0.15, -0.1) is 0 Å². The number of ketones is 1. The monoisotopic (exact) mass is 473 g/mol. The molecule has 0 saturated heterocycles. The number of dihydropyridines is 1. The number of Topliss-reactive ketones (excluding diaryl/α,β-unsaturated/α-hetero) is 1. The van der Waals surface area contributed by atoms with Crippen LogP contribution in [-0.2, 0) is 23.9 Å². The van der Waals surface area contributed by atoms with Crippen LogP contribution in [-0.4, -0.2) is 30.9 Å². The minimum Gasteiger partial charge on any atom is -0.468 e. The molecule has 182 valence electrons. The van der Waals surface area contributed by atoms with E-state index in [0.29, 0.717) is 23.3 Å². The number of hydrogen-bond acceptors (Lipinski definition) is 6. The van der Waals surface area contributed by atoms with Gasteiger partial charge in [-0.2, -0.15) is 0 Å². The smallest absolute Gasteiger partial charge is 0.337 e. The Morgan fingerprint density at radius 2 is 1.63 bits per heavy atom. The second-order valence-electron chi connectivity index (χ2n) is 9.48. The lowest BCUT2D eigenvalue weighted by Gasteiger charge is -2.38. The molecule has 35 heavy (non-hydrogen) atoms. The van der Waals surface area contributed by atoms with Gasteiger partial charge in [-0.1, -0.05) is 61.5 Å².